The van der Waals surface area contributed by atoms with Gasteiger partial charge in [0.25, 0.3) is 0 Å². The van der Waals surface area contributed by atoms with Gasteiger partial charge in [-0.05, 0) is 92.9 Å². The first-order valence-electron chi connectivity index (χ1n) is 10.0. The van der Waals surface area contributed by atoms with E-state index < -0.39 is 5.54 Å². The second kappa shape index (κ2) is 9.14. The van der Waals surface area contributed by atoms with Gasteiger partial charge in [0.1, 0.15) is 11.4 Å². The van der Waals surface area contributed by atoms with Crippen molar-refractivity contribution in [1.29, 1.82) is 0 Å². The summed E-state index contributed by atoms with van der Waals surface area (Å²) in [4.78, 5) is 28.1. The van der Waals surface area contributed by atoms with E-state index in [1.54, 1.807) is 11.9 Å². The number of benzene rings is 2. The van der Waals surface area contributed by atoms with E-state index in [2.05, 4.69) is 10.6 Å². The highest BCUT2D eigenvalue weighted by molar-refractivity contribution is 6.30. The molecule has 2 aromatic rings. The number of piperidine rings is 1. The molecule has 0 atom stereocenters. The fraction of sp³-hybridized carbons (Fsp3) is 0.391. The fourth-order valence-electron chi connectivity index (χ4n) is 4.06. The van der Waals surface area contributed by atoms with Crippen LogP contribution in [0.2, 0.25) is 5.02 Å². The van der Waals surface area contributed by atoms with Crippen molar-refractivity contribution in [3.05, 3.63) is 63.9 Å². The average Bonchev–Trinajstić information content (AvgIpc) is 2.72. The molecule has 0 spiro atoms. The van der Waals surface area contributed by atoms with Crippen molar-refractivity contribution in [2.75, 3.05) is 25.5 Å². The number of hydrogen-bond acceptors (Lipinski definition) is 3. The number of aryl methyl sites for hydroxylation is 2. The molecule has 2 aromatic carbocycles. The van der Waals surface area contributed by atoms with Crippen LogP contribution in [0.3, 0.4) is 0 Å². The van der Waals surface area contributed by atoms with Gasteiger partial charge in [0, 0.05) is 17.8 Å². The van der Waals surface area contributed by atoms with Crippen LogP contribution in [0.15, 0.2) is 36.4 Å². The van der Waals surface area contributed by atoms with Gasteiger partial charge < -0.3 is 15.5 Å². The van der Waals surface area contributed by atoms with Crippen LogP contribution >= 0.6 is 11.6 Å². The Hall–Kier alpha value is -2.44. The highest BCUT2D eigenvalue weighted by Crippen LogP contribution is 2.29. The number of nitrogens with zero attached hydrogens (tertiary/aromatic N) is 1. The lowest BCUT2D eigenvalue weighted by molar-refractivity contribution is -0.144. The Morgan fingerprint density at radius 2 is 1.70 bits per heavy atom. The summed E-state index contributed by atoms with van der Waals surface area (Å²) in [6, 6.07) is 9.32. The van der Waals surface area contributed by atoms with Gasteiger partial charge >= 0.3 is 0 Å². The van der Waals surface area contributed by atoms with E-state index in [0.29, 0.717) is 36.6 Å². The third-order valence-corrected chi connectivity index (χ3v) is 6.18. The molecule has 0 radical (unpaired) electrons. The summed E-state index contributed by atoms with van der Waals surface area (Å²) in [5.74, 6) is -0.749. The Kier molecular flexibility index (Phi) is 6.78. The molecule has 7 heteroatoms. The Balaban J connectivity index is 1.84. The quantitative estimate of drug-likeness (QED) is 0.755. The lowest BCUT2D eigenvalue weighted by atomic mass is 9.84. The van der Waals surface area contributed by atoms with E-state index in [0.717, 1.165) is 16.7 Å². The molecule has 1 aliphatic heterocycles. The van der Waals surface area contributed by atoms with Crippen LogP contribution < -0.4 is 10.6 Å². The third kappa shape index (κ3) is 4.65. The summed E-state index contributed by atoms with van der Waals surface area (Å²) in [6.45, 7) is 5.13. The summed E-state index contributed by atoms with van der Waals surface area (Å²) in [6.07, 6.45) is 1.20. The lowest BCUT2D eigenvalue weighted by Gasteiger charge is -2.43. The van der Waals surface area contributed by atoms with E-state index >= 15 is 0 Å². The van der Waals surface area contributed by atoms with Gasteiger partial charge in [0.05, 0.1) is 6.42 Å². The van der Waals surface area contributed by atoms with Gasteiger partial charge in [-0.15, -0.1) is 0 Å². The van der Waals surface area contributed by atoms with Crippen molar-refractivity contribution in [3.8, 4) is 0 Å². The second-order valence-corrected chi connectivity index (χ2v) is 8.33. The van der Waals surface area contributed by atoms with Gasteiger partial charge in [-0.2, -0.15) is 0 Å². The number of carbonyl (C=O) groups excluding carboxylic acids is 2. The summed E-state index contributed by atoms with van der Waals surface area (Å²) in [7, 11) is 1.69. The monoisotopic (exact) mass is 431 g/mol. The first kappa shape index (κ1) is 22.2. The zero-order chi connectivity index (χ0) is 21.9. The van der Waals surface area contributed by atoms with Gasteiger partial charge in [0.2, 0.25) is 11.8 Å². The minimum atomic E-state index is -0.967. The Labute approximate surface area is 181 Å². The first-order valence-corrected chi connectivity index (χ1v) is 10.4. The average molecular weight is 432 g/mol. The van der Waals surface area contributed by atoms with E-state index in [1.807, 2.05) is 26.0 Å². The SMILES string of the molecule is Cc1cc(Cl)cc(C)c1CC(=O)N(C)C1(C(=O)Nc2ccc(F)cc2)CCNCC1. The number of hydrogen-bond donors (Lipinski definition) is 2. The van der Waals surface area contributed by atoms with Gasteiger partial charge in [-0.1, -0.05) is 11.6 Å². The Bertz CT molecular complexity index is 917. The molecule has 1 fully saturated rings. The number of nitrogens with one attached hydrogen (secondary N) is 2. The van der Waals surface area contributed by atoms with Crippen LogP contribution in [0.4, 0.5) is 10.1 Å². The van der Waals surface area contributed by atoms with Crippen molar-refractivity contribution < 1.29 is 14.0 Å². The molecule has 1 saturated heterocycles. The van der Waals surface area contributed by atoms with E-state index in [-0.39, 0.29) is 24.1 Å². The Morgan fingerprint density at radius 1 is 1.13 bits per heavy atom. The topological polar surface area (TPSA) is 61.4 Å². The van der Waals surface area contributed by atoms with Crippen molar-refractivity contribution in [2.24, 2.45) is 0 Å². The highest BCUT2D eigenvalue weighted by Gasteiger charge is 2.45. The zero-order valence-corrected chi connectivity index (χ0v) is 18.3. The standard InChI is InChI=1S/C23H27ClFN3O2/c1-15-12-17(24)13-16(2)20(15)14-21(29)28(3)23(8-10-26-11-9-23)22(30)27-19-6-4-18(25)5-7-19/h4-7,12-13,26H,8-11,14H2,1-3H3,(H,27,30). The van der Waals surface area contributed by atoms with Crippen molar-refractivity contribution in [3.63, 3.8) is 0 Å². The molecule has 160 valence electrons. The van der Waals surface area contributed by atoms with E-state index in [4.69, 9.17) is 11.6 Å². The molecule has 0 saturated carbocycles. The predicted molar refractivity (Wildman–Crippen MR) is 117 cm³/mol. The molecule has 1 aliphatic rings. The molecule has 3 rings (SSSR count). The van der Waals surface area contributed by atoms with Crippen LogP contribution in [0.1, 0.15) is 29.5 Å². The summed E-state index contributed by atoms with van der Waals surface area (Å²) in [5.41, 5.74) is 2.38. The molecular formula is C23H27ClFN3O2. The number of likely N-dealkylation sites (N-methyl/N-ethyl adjacent to an activating group) is 1. The summed E-state index contributed by atoms with van der Waals surface area (Å²) < 4.78 is 13.2. The summed E-state index contributed by atoms with van der Waals surface area (Å²) in [5, 5.41) is 6.76. The maximum absolute atomic E-state index is 13.3. The van der Waals surface area contributed by atoms with Crippen LogP contribution in [-0.4, -0.2) is 42.4 Å². The van der Waals surface area contributed by atoms with Crippen molar-refractivity contribution in [1.82, 2.24) is 10.2 Å². The first-order chi connectivity index (χ1) is 14.2. The number of rotatable bonds is 5. The minimum Gasteiger partial charge on any atom is -0.331 e. The van der Waals surface area contributed by atoms with Crippen molar-refractivity contribution in [2.45, 2.75) is 38.6 Å². The maximum atomic E-state index is 13.3. The molecule has 0 aromatic heterocycles. The zero-order valence-electron chi connectivity index (χ0n) is 17.5. The normalized spacial score (nSPS) is 15.5. The molecule has 0 bridgehead atoms. The lowest BCUT2D eigenvalue weighted by Crippen LogP contribution is -2.62. The minimum absolute atomic E-state index is 0.125. The smallest absolute Gasteiger partial charge is 0.250 e. The van der Waals surface area contributed by atoms with Gasteiger partial charge in [-0.3, -0.25) is 9.59 Å². The molecule has 1 heterocycles. The van der Waals surface area contributed by atoms with Crippen LogP contribution in [0, 0.1) is 19.7 Å². The van der Waals surface area contributed by atoms with Crippen molar-refractivity contribution >= 4 is 29.1 Å². The largest absolute Gasteiger partial charge is 0.331 e. The predicted octanol–water partition coefficient (Wildman–Crippen LogP) is 3.86. The van der Waals surface area contributed by atoms with E-state index in [9.17, 15) is 14.0 Å². The second-order valence-electron chi connectivity index (χ2n) is 7.89. The number of anilines is 1. The number of carbonyl (C=O) groups is 2. The number of halogens is 2. The molecule has 30 heavy (non-hydrogen) atoms. The number of amides is 2. The van der Waals surface area contributed by atoms with Gasteiger partial charge in [0.15, 0.2) is 0 Å². The van der Waals surface area contributed by atoms with E-state index in [1.165, 1.54) is 24.3 Å². The molecule has 2 N–H and O–H groups in total. The highest BCUT2D eigenvalue weighted by atomic mass is 35.5. The molecule has 2 amide bonds. The molecular weight excluding hydrogens is 405 g/mol. The van der Waals surface area contributed by atoms with Gasteiger partial charge in [-0.25, -0.2) is 4.39 Å². The Morgan fingerprint density at radius 3 is 2.27 bits per heavy atom. The molecule has 0 aliphatic carbocycles. The van der Waals surface area contributed by atoms with Crippen LogP contribution in [0.25, 0.3) is 0 Å². The third-order valence-electron chi connectivity index (χ3n) is 5.96. The maximum Gasteiger partial charge on any atom is 0.250 e. The van der Waals surface area contributed by atoms with Crippen LogP contribution in [-0.2, 0) is 16.0 Å². The molecule has 5 nitrogen and oxygen atoms in total. The fourth-order valence-corrected chi connectivity index (χ4v) is 4.39. The molecule has 0 unspecified atom stereocenters. The summed E-state index contributed by atoms with van der Waals surface area (Å²) >= 11 is 6.11. The van der Waals surface area contributed by atoms with Crippen LogP contribution in [0.5, 0.6) is 0 Å².